The number of rotatable bonds is 3. The molecule has 1 aromatic heterocycles. The topological polar surface area (TPSA) is 80.5 Å². The van der Waals surface area contributed by atoms with Gasteiger partial charge in [0.1, 0.15) is 0 Å². The summed E-state index contributed by atoms with van der Waals surface area (Å²) in [7, 11) is 0. The highest BCUT2D eigenvalue weighted by Crippen LogP contribution is 2.44. The molecule has 0 spiro atoms. The number of amides is 1. The monoisotopic (exact) mass is 430 g/mol. The van der Waals surface area contributed by atoms with E-state index in [2.05, 4.69) is 4.98 Å². The Bertz CT molecular complexity index is 1020. The summed E-state index contributed by atoms with van der Waals surface area (Å²) in [6.07, 6.45) is -0.978. The molecule has 2 aromatic rings. The first-order valence-corrected chi connectivity index (χ1v) is 9.94. The van der Waals surface area contributed by atoms with E-state index in [0.717, 1.165) is 6.07 Å². The molecule has 2 aliphatic rings. The van der Waals surface area contributed by atoms with Gasteiger partial charge in [-0.05, 0) is 36.8 Å². The van der Waals surface area contributed by atoms with E-state index >= 15 is 0 Å². The lowest BCUT2D eigenvalue weighted by Gasteiger charge is -2.43. The second-order valence-electron chi connectivity index (χ2n) is 8.17. The molecule has 2 saturated heterocycles. The summed E-state index contributed by atoms with van der Waals surface area (Å²) in [6.45, 7) is 1.61. The van der Waals surface area contributed by atoms with Crippen molar-refractivity contribution in [3.05, 3.63) is 59.4 Å². The molecule has 6 nitrogen and oxygen atoms in total. The van der Waals surface area contributed by atoms with Crippen LogP contribution < -0.4 is 4.90 Å². The maximum Gasteiger partial charge on any atom is 0.417 e. The molecule has 3 heterocycles. The molecule has 1 N–H and O–H groups in total. The zero-order valence-corrected chi connectivity index (χ0v) is 16.6. The second kappa shape index (κ2) is 7.85. The zero-order valence-electron chi connectivity index (χ0n) is 16.6. The molecule has 4 rings (SSSR count). The zero-order chi connectivity index (χ0) is 22.2. The molecule has 2 atom stereocenters. The Morgan fingerprint density at radius 2 is 2.00 bits per heavy atom. The van der Waals surface area contributed by atoms with Gasteiger partial charge in [-0.15, -0.1) is 0 Å². The molecule has 0 saturated carbocycles. The predicted octanol–water partition coefficient (Wildman–Crippen LogP) is 2.93. The van der Waals surface area contributed by atoms with Gasteiger partial charge in [0.05, 0.1) is 23.8 Å². The van der Waals surface area contributed by atoms with Gasteiger partial charge in [-0.25, -0.2) is 0 Å². The van der Waals surface area contributed by atoms with Crippen LogP contribution in [0.2, 0.25) is 0 Å². The summed E-state index contributed by atoms with van der Waals surface area (Å²) >= 11 is 0. The van der Waals surface area contributed by atoms with E-state index in [-0.39, 0.29) is 18.4 Å². The molecule has 0 unspecified atom stereocenters. The first-order chi connectivity index (χ1) is 14.8. The maximum absolute atomic E-state index is 13.4. The van der Waals surface area contributed by atoms with Gasteiger partial charge in [0, 0.05) is 61.2 Å². The number of aliphatic hydroxyl groups is 1. The van der Waals surface area contributed by atoms with Crippen molar-refractivity contribution in [1.29, 1.82) is 5.26 Å². The van der Waals surface area contributed by atoms with Crippen molar-refractivity contribution < 1.29 is 23.1 Å². The number of anilines is 1. The van der Waals surface area contributed by atoms with E-state index in [1.165, 1.54) is 12.1 Å². The fraction of sp³-hybridized carbons (Fsp3) is 0.409. The van der Waals surface area contributed by atoms with Gasteiger partial charge in [0.2, 0.25) is 0 Å². The number of carbonyl (C=O) groups is 1. The smallest absolute Gasteiger partial charge is 0.396 e. The number of fused-ring (bicyclic) bond motifs is 1. The number of piperidine rings is 1. The molecule has 0 bridgehead atoms. The third-order valence-corrected chi connectivity index (χ3v) is 6.46. The number of halogens is 3. The Balaban J connectivity index is 1.57. The fourth-order valence-electron chi connectivity index (χ4n) is 4.67. The van der Waals surface area contributed by atoms with E-state index in [0.29, 0.717) is 43.9 Å². The minimum atomic E-state index is -4.62. The third kappa shape index (κ3) is 3.83. The number of nitriles is 1. The van der Waals surface area contributed by atoms with Crippen LogP contribution in [0.15, 0.2) is 42.7 Å². The Hall–Kier alpha value is -3.12. The Kier molecular flexibility index (Phi) is 5.35. The van der Waals surface area contributed by atoms with Crippen LogP contribution in [0.1, 0.15) is 27.9 Å². The summed E-state index contributed by atoms with van der Waals surface area (Å²) in [5.74, 6) is -0.226. The van der Waals surface area contributed by atoms with Crippen molar-refractivity contribution in [1.82, 2.24) is 9.88 Å². The van der Waals surface area contributed by atoms with Crippen LogP contribution in [0, 0.1) is 22.7 Å². The van der Waals surface area contributed by atoms with Gasteiger partial charge in [-0.1, -0.05) is 0 Å². The number of likely N-dealkylation sites (tertiary alicyclic amines) is 1. The minimum Gasteiger partial charge on any atom is -0.396 e. The largest absolute Gasteiger partial charge is 0.417 e. The highest BCUT2D eigenvalue weighted by atomic mass is 19.4. The number of alkyl halides is 3. The van der Waals surface area contributed by atoms with E-state index in [1.54, 1.807) is 35.5 Å². The second-order valence-corrected chi connectivity index (χ2v) is 8.17. The predicted molar refractivity (Wildman–Crippen MR) is 106 cm³/mol. The number of aliphatic hydroxyl groups excluding tert-OH is 1. The van der Waals surface area contributed by atoms with Crippen LogP contribution in [0.4, 0.5) is 18.9 Å². The molecule has 9 heteroatoms. The Labute approximate surface area is 177 Å². The first-order valence-electron chi connectivity index (χ1n) is 9.94. The van der Waals surface area contributed by atoms with Crippen molar-refractivity contribution in [2.45, 2.75) is 12.6 Å². The van der Waals surface area contributed by atoms with Crippen LogP contribution in [0.25, 0.3) is 0 Å². The van der Waals surface area contributed by atoms with Crippen molar-refractivity contribution in [3.63, 3.8) is 0 Å². The Morgan fingerprint density at radius 3 is 2.65 bits per heavy atom. The molecule has 31 heavy (non-hydrogen) atoms. The molecule has 2 fully saturated rings. The van der Waals surface area contributed by atoms with Crippen LogP contribution in [0.3, 0.4) is 0 Å². The minimum absolute atomic E-state index is 0.0815. The van der Waals surface area contributed by atoms with Crippen LogP contribution in [-0.2, 0) is 6.18 Å². The molecular formula is C22H21F3N4O2. The van der Waals surface area contributed by atoms with Gasteiger partial charge in [0.25, 0.3) is 5.91 Å². The van der Waals surface area contributed by atoms with Gasteiger partial charge < -0.3 is 14.9 Å². The highest BCUT2D eigenvalue weighted by Gasteiger charge is 2.50. The number of pyridine rings is 1. The lowest BCUT2D eigenvalue weighted by molar-refractivity contribution is -0.137. The van der Waals surface area contributed by atoms with Crippen molar-refractivity contribution in [2.75, 3.05) is 37.7 Å². The van der Waals surface area contributed by atoms with Gasteiger partial charge in [-0.2, -0.15) is 18.4 Å². The fourth-order valence-corrected chi connectivity index (χ4v) is 4.67. The van der Waals surface area contributed by atoms with E-state index in [9.17, 15) is 23.1 Å². The highest BCUT2D eigenvalue weighted by molar-refractivity contribution is 5.94. The number of hydrogen-bond donors (Lipinski definition) is 1. The normalized spacial score (nSPS) is 23.4. The summed E-state index contributed by atoms with van der Waals surface area (Å²) < 4.78 is 40.1. The quantitative estimate of drug-likeness (QED) is 0.810. The standard InChI is InChI=1S/C22H21F3N4O2/c23-22(24,25)19-9-18(2-1-16(19)10-26)28-8-5-21(14-30)13-29(12-17(21)11-28)20(31)15-3-6-27-7-4-15/h1-4,6-7,9,17,30H,5,8,11-14H2/t17-,21+/m1/s1. The summed E-state index contributed by atoms with van der Waals surface area (Å²) in [5, 5.41) is 19.2. The van der Waals surface area contributed by atoms with Gasteiger partial charge in [-0.3, -0.25) is 9.78 Å². The average Bonchev–Trinajstić information content (AvgIpc) is 3.17. The first kappa shape index (κ1) is 21.1. The number of aromatic nitrogens is 1. The van der Waals surface area contributed by atoms with E-state index in [1.807, 2.05) is 4.90 Å². The van der Waals surface area contributed by atoms with Crippen molar-refractivity contribution in [2.24, 2.45) is 11.3 Å². The van der Waals surface area contributed by atoms with Crippen molar-refractivity contribution in [3.8, 4) is 6.07 Å². The number of carbonyl (C=O) groups excluding carboxylic acids is 1. The lowest BCUT2D eigenvalue weighted by atomic mass is 9.73. The van der Waals surface area contributed by atoms with E-state index < -0.39 is 22.7 Å². The number of nitrogens with zero attached hydrogens (tertiary/aromatic N) is 4. The molecule has 0 aliphatic carbocycles. The van der Waals surface area contributed by atoms with Crippen molar-refractivity contribution >= 4 is 11.6 Å². The maximum atomic E-state index is 13.4. The molecule has 1 aromatic carbocycles. The number of hydrogen-bond acceptors (Lipinski definition) is 5. The van der Waals surface area contributed by atoms with Gasteiger partial charge in [0.15, 0.2) is 0 Å². The molecule has 1 amide bonds. The average molecular weight is 430 g/mol. The lowest BCUT2D eigenvalue weighted by Crippen LogP contribution is -2.49. The molecular weight excluding hydrogens is 409 g/mol. The molecule has 2 aliphatic heterocycles. The van der Waals surface area contributed by atoms with Crippen LogP contribution >= 0.6 is 0 Å². The number of benzene rings is 1. The summed E-state index contributed by atoms with van der Waals surface area (Å²) in [5.41, 5.74) is -0.934. The summed E-state index contributed by atoms with van der Waals surface area (Å²) in [4.78, 5) is 20.3. The van der Waals surface area contributed by atoms with Gasteiger partial charge >= 0.3 is 6.18 Å². The SMILES string of the molecule is N#Cc1ccc(N2CC[C@@]3(CO)CN(C(=O)c4ccncc4)C[C@H]3C2)cc1C(F)(F)F. The summed E-state index contributed by atoms with van der Waals surface area (Å²) in [6, 6.07) is 8.60. The molecule has 162 valence electrons. The Morgan fingerprint density at radius 1 is 1.26 bits per heavy atom. The molecule has 0 radical (unpaired) electrons. The van der Waals surface area contributed by atoms with E-state index in [4.69, 9.17) is 5.26 Å². The van der Waals surface area contributed by atoms with Crippen LogP contribution in [-0.4, -0.2) is 53.7 Å². The van der Waals surface area contributed by atoms with Crippen LogP contribution in [0.5, 0.6) is 0 Å². The third-order valence-electron chi connectivity index (χ3n) is 6.46.